The molecule has 0 N–H and O–H groups in total. The van der Waals surface area contributed by atoms with Crippen LogP contribution in [0.1, 0.15) is 22.8 Å². The monoisotopic (exact) mass is 400 g/mol. The second-order valence-corrected chi connectivity index (χ2v) is 5.21. The van der Waals surface area contributed by atoms with Crippen LogP contribution in [0.3, 0.4) is 0 Å². The average molecular weight is 400 g/mol. The van der Waals surface area contributed by atoms with Crippen molar-refractivity contribution < 1.29 is 37.3 Å². The summed E-state index contributed by atoms with van der Waals surface area (Å²) >= 11 is 0. The number of hydrogen-bond acceptors (Lipinski definition) is 7. The number of nitrogens with zero attached hydrogens (tertiary/aromatic N) is 2. The third-order valence-electron chi connectivity index (χ3n) is 3.34. The summed E-state index contributed by atoms with van der Waals surface area (Å²) in [5, 5.41) is 22.4. The van der Waals surface area contributed by atoms with Gasteiger partial charge in [-0.1, -0.05) is 6.07 Å². The molecule has 28 heavy (non-hydrogen) atoms. The van der Waals surface area contributed by atoms with Crippen LogP contribution in [0.15, 0.2) is 36.4 Å². The number of rotatable bonds is 6. The Morgan fingerprint density at radius 2 is 1.64 bits per heavy atom. The third kappa shape index (κ3) is 4.52. The minimum atomic E-state index is -5.04. The molecule has 2 rings (SSSR count). The van der Waals surface area contributed by atoms with Crippen molar-refractivity contribution in [2.75, 3.05) is 6.61 Å². The first-order chi connectivity index (χ1) is 13.0. The molecule has 9 nitrogen and oxygen atoms in total. The number of esters is 1. The molecular formula is C16H11F3N2O7. The van der Waals surface area contributed by atoms with Gasteiger partial charge in [0.1, 0.15) is 5.75 Å². The predicted molar refractivity (Wildman–Crippen MR) is 87.2 cm³/mol. The van der Waals surface area contributed by atoms with Crippen LogP contribution < -0.4 is 4.74 Å². The molecule has 0 heterocycles. The molecule has 0 fully saturated rings. The van der Waals surface area contributed by atoms with Crippen LogP contribution in [-0.2, 0) is 10.9 Å². The van der Waals surface area contributed by atoms with Crippen LogP contribution in [0.25, 0.3) is 0 Å². The van der Waals surface area contributed by atoms with Crippen LogP contribution in [0.5, 0.6) is 11.5 Å². The summed E-state index contributed by atoms with van der Waals surface area (Å²) < 4.78 is 48.6. The highest BCUT2D eigenvalue weighted by Crippen LogP contribution is 2.44. The van der Waals surface area contributed by atoms with E-state index in [0.29, 0.717) is 0 Å². The number of nitro groups is 2. The number of alkyl halides is 3. The quantitative estimate of drug-likeness (QED) is 0.398. The van der Waals surface area contributed by atoms with Crippen molar-refractivity contribution in [2.45, 2.75) is 13.1 Å². The van der Waals surface area contributed by atoms with Crippen molar-refractivity contribution in [3.63, 3.8) is 0 Å². The van der Waals surface area contributed by atoms with Crippen molar-refractivity contribution in [2.24, 2.45) is 0 Å². The molecule has 2 aromatic rings. The number of nitro benzene ring substituents is 2. The lowest BCUT2D eigenvalue weighted by atomic mass is 10.1. The number of benzene rings is 2. The van der Waals surface area contributed by atoms with Gasteiger partial charge >= 0.3 is 23.5 Å². The van der Waals surface area contributed by atoms with E-state index in [9.17, 15) is 38.2 Å². The molecule has 2 aromatic carbocycles. The highest BCUT2D eigenvalue weighted by molar-refractivity contribution is 5.89. The molecule has 0 unspecified atom stereocenters. The van der Waals surface area contributed by atoms with Gasteiger partial charge in [-0.3, -0.25) is 20.2 Å². The van der Waals surface area contributed by atoms with Gasteiger partial charge in [0.05, 0.1) is 27.6 Å². The van der Waals surface area contributed by atoms with Crippen LogP contribution >= 0.6 is 0 Å². The van der Waals surface area contributed by atoms with Crippen molar-refractivity contribution >= 4 is 17.3 Å². The first-order valence-corrected chi connectivity index (χ1v) is 7.53. The first-order valence-electron chi connectivity index (χ1n) is 7.53. The summed E-state index contributed by atoms with van der Waals surface area (Å²) in [4.78, 5) is 31.7. The van der Waals surface area contributed by atoms with Gasteiger partial charge in [0.25, 0.3) is 5.75 Å². The lowest BCUT2D eigenvalue weighted by Crippen LogP contribution is -2.08. The second kappa shape index (κ2) is 7.90. The summed E-state index contributed by atoms with van der Waals surface area (Å²) in [6.45, 7) is 1.63. The number of carbonyl (C=O) groups is 1. The highest BCUT2D eigenvalue weighted by atomic mass is 19.4. The minimum Gasteiger partial charge on any atom is -0.462 e. The molecule has 0 saturated carbocycles. The molecule has 12 heteroatoms. The molecular weight excluding hydrogens is 389 g/mol. The number of hydrogen-bond donors (Lipinski definition) is 0. The molecule has 0 amide bonds. The van der Waals surface area contributed by atoms with E-state index >= 15 is 0 Å². The predicted octanol–water partition coefficient (Wildman–Crippen LogP) is 4.49. The Morgan fingerprint density at radius 1 is 1.07 bits per heavy atom. The molecule has 0 radical (unpaired) electrons. The zero-order valence-electron chi connectivity index (χ0n) is 14.1. The van der Waals surface area contributed by atoms with Crippen LogP contribution in [0, 0.1) is 20.2 Å². The fourth-order valence-corrected chi connectivity index (χ4v) is 2.16. The summed E-state index contributed by atoms with van der Waals surface area (Å²) in [7, 11) is 0. The highest BCUT2D eigenvalue weighted by Gasteiger charge is 2.38. The maximum Gasteiger partial charge on any atom is 0.416 e. The summed E-state index contributed by atoms with van der Waals surface area (Å²) in [6, 6.07) is 5.22. The zero-order chi connectivity index (χ0) is 21.1. The van der Waals surface area contributed by atoms with E-state index in [2.05, 4.69) is 0 Å². The van der Waals surface area contributed by atoms with E-state index in [1.165, 1.54) is 18.2 Å². The Morgan fingerprint density at radius 3 is 2.11 bits per heavy atom. The lowest BCUT2D eigenvalue weighted by Gasteiger charge is -2.11. The first kappa shape index (κ1) is 20.6. The maximum atomic E-state index is 12.9. The van der Waals surface area contributed by atoms with Crippen molar-refractivity contribution in [1.82, 2.24) is 0 Å². The Kier molecular flexibility index (Phi) is 5.81. The summed E-state index contributed by atoms with van der Waals surface area (Å²) in [5.41, 5.74) is -4.08. The molecule has 0 atom stereocenters. The van der Waals surface area contributed by atoms with Gasteiger partial charge in [-0.25, -0.2) is 4.79 Å². The zero-order valence-corrected chi connectivity index (χ0v) is 14.1. The molecule has 0 aliphatic rings. The summed E-state index contributed by atoms with van der Waals surface area (Å²) in [5.74, 6) is -1.98. The third-order valence-corrected chi connectivity index (χ3v) is 3.34. The smallest absolute Gasteiger partial charge is 0.416 e. The Bertz CT molecular complexity index is 909. The lowest BCUT2D eigenvalue weighted by molar-refractivity contribution is -0.396. The normalized spacial score (nSPS) is 11.0. The van der Waals surface area contributed by atoms with E-state index in [1.54, 1.807) is 6.92 Å². The van der Waals surface area contributed by atoms with Crippen LogP contribution in [0.4, 0.5) is 24.5 Å². The van der Waals surface area contributed by atoms with Crippen LogP contribution in [0.2, 0.25) is 0 Å². The molecule has 0 spiro atoms. The molecule has 0 aromatic heterocycles. The Balaban J connectivity index is 2.59. The molecule has 0 aliphatic carbocycles. The number of halogens is 3. The minimum absolute atomic E-state index is 0.0171. The van der Waals surface area contributed by atoms with Gasteiger partial charge in [0.2, 0.25) is 0 Å². The van der Waals surface area contributed by atoms with Gasteiger partial charge in [0, 0.05) is 12.1 Å². The Hall–Kier alpha value is -3.70. The largest absolute Gasteiger partial charge is 0.462 e. The van der Waals surface area contributed by atoms with Crippen molar-refractivity contribution in [3.8, 4) is 11.5 Å². The maximum absolute atomic E-state index is 12.9. The van der Waals surface area contributed by atoms with Gasteiger partial charge in [-0.15, -0.1) is 0 Å². The molecule has 0 bridgehead atoms. The standard InChI is InChI=1S/C16H11F3N2O7/c1-2-27-15(22)9-4-3-5-11(6-9)28-14-12(20(23)24)7-10(16(17,18)19)8-13(14)21(25)26/h3-8H,2H2,1H3. The van der Waals surface area contributed by atoms with Crippen molar-refractivity contribution in [3.05, 3.63) is 67.8 Å². The molecule has 0 aliphatic heterocycles. The van der Waals surface area contributed by atoms with E-state index in [-0.39, 0.29) is 30.1 Å². The summed E-state index contributed by atoms with van der Waals surface area (Å²) in [6.07, 6.45) is -5.04. The molecule has 0 saturated heterocycles. The second-order valence-electron chi connectivity index (χ2n) is 5.21. The fraction of sp³-hybridized carbons (Fsp3) is 0.188. The number of carbonyl (C=O) groups excluding carboxylic acids is 1. The molecule has 148 valence electrons. The van der Waals surface area contributed by atoms with E-state index in [0.717, 1.165) is 6.07 Å². The van der Waals surface area contributed by atoms with E-state index in [4.69, 9.17) is 9.47 Å². The van der Waals surface area contributed by atoms with E-state index < -0.39 is 44.7 Å². The van der Waals surface area contributed by atoms with Gasteiger partial charge in [-0.05, 0) is 25.1 Å². The number of ether oxygens (including phenoxy) is 2. The van der Waals surface area contributed by atoms with Gasteiger partial charge in [-0.2, -0.15) is 13.2 Å². The van der Waals surface area contributed by atoms with Gasteiger partial charge in [0.15, 0.2) is 0 Å². The van der Waals surface area contributed by atoms with Crippen molar-refractivity contribution in [1.29, 1.82) is 0 Å². The average Bonchev–Trinajstić information content (AvgIpc) is 2.60. The fourth-order valence-electron chi connectivity index (χ4n) is 2.16. The van der Waals surface area contributed by atoms with Crippen LogP contribution in [-0.4, -0.2) is 22.4 Å². The Labute approximate surface area is 154 Å². The topological polar surface area (TPSA) is 122 Å². The van der Waals surface area contributed by atoms with Gasteiger partial charge < -0.3 is 9.47 Å². The van der Waals surface area contributed by atoms with E-state index in [1.807, 2.05) is 0 Å². The SMILES string of the molecule is CCOC(=O)c1cccc(Oc2c([N+](=O)[O-])cc(C(F)(F)F)cc2[N+](=O)[O-])c1.